The lowest BCUT2D eigenvalue weighted by atomic mass is 10.3. The molecule has 0 spiro atoms. The van der Waals surface area contributed by atoms with Crippen LogP contribution in [0.3, 0.4) is 0 Å². The van der Waals surface area contributed by atoms with Gasteiger partial charge in [-0.15, -0.1) is 11.3 Å². The van der Waals surface area contributed by atoms with E-state index in [2.05, 4.69) is 22.9 Å². The number of nitrogens with zero attached hydrogens (tertiary/aromatic N) is 2. The Bertz CT molecular complexity index is 434. The van der Waals surface area contributed by atoms with E-state index < -0.39 is 5.97 Å². The van der Waals surface area contributed by atoms with Crippen molar-refractivity contribution in [1.82, 2.24) is 9.80 Å². The number of carboxylic acids is 1. The number of hydrogen-bond acceptors (Lipinski definition) is 4. The normalized spacial score (nSPS) is 18.5. The average Bonchev–Trinajstić information content (AvgIpc) is 2.77. The molecule has 18 heavy (non-hydrogen) atoms. The molecule has 5 heteroatoms. The Morgan fingerprint density at radius 2 is 2.11 bits per heavy atom. The maximum absolute atomic E-state index is 10.4. The molecule has 98 valence electrons. The third kappa shape index (κ3) is 3.94. The molecule has 2 rings (SSSR count). The van der Waals surface area contributed by atoms with Crippen molar-refractivity contribution in [2.75, 3.05) is 33.2 Å². The highest BCUT2D eigenvalue weighted by atomic mass is 32.1. The van der Waals surface area contributed by atoms with Gasteiger partial charge in [0.05, 0.1) is 0 Å². The summed E-state index contributed by atoms with van der Waals surface area (Å²) in [7, 11) is 2.15. The van der Waals surface area contributed by atoms with E-state index in [-0.39, 0.29) is 0 Å². The number of hydrogen-bond donors (Lipinski definition) is 1. The topological polar surface area (TPSA) is 43.8 Å². The summed E-state index contributed by atoms with van der Waals surface area (Å²) in [6, 6.07) is 4.07. The second-order valence-electron chi connectivity index (χ2n) is 4.56. The molecule has 0 aromatic carbocycles. The summed E-state index contributed by atoms with van der Waals surface area (Å²) in [4.78, 5) is 17.5. The fraction of sp³-hybridized carbons (Fsp3) is 0.462. The molecule has 1 saturated heterocycles. The first-order chi connectivity index (χ1) is 8.63. The van der Waals surface area contributed by atoms with E-state index in [4.69, 9.17) is 5.11 Å². The van der Waals surface area contributed by atoms with Gasteiger partial charge in [0, 0.05) is 48.6 Å². The zero-order valence-corrected chi connectivity index (χ0v) is 11.3. The number of likely N-dealkylation sites (N-methyl/N-ethyl adjacent to an activating group) is 1. The highest BCUT2D eigenvalue weighted by Gasteiger charge is 2.14. The first-order valence-electron chi connectivity index (χ1n) is 6.04. The second kappa shape index (κ2) is 6.13. The van der Waals surface area contributed by atoms with Gasteiger partial charge in [-0.25, -0.2) is 4.79 Å². The first-order valence-corrected chi connectivity index (χ1v) is 6.86. The van der Waals surface area contributed by atoms with E-state index in [0.717, 1.165) is 37.6 Å². The second-order valence-corrected chi connectivity index (χ2v) is 5.75. The fourth-order valence-electron chi connectivity index (χ4n) is 1.95. The lowest BCUT2D eigenvalue weighted by Crippen LogP contribution is -2.43. The number of carbonyl (C=O) groups is 1. The van der Waals surface area contributed by atoms with E-state index in [1.165, 1.54) is 11.0 Å². The molecule has 0 atom stereocenters. The Kier molecular flexibility index (Phi) is 4.52. The van der Waals surface area contributed by atoms with E-state index in [1.54, 1.807) is 17.4 Å². The molecule has 0 aliphatic carbocycles. The van der Waals surface area contributed by atoms with Crippen molar-refractivity contribution in [3.63, 3.8) is 0 Å². The van der Waals surface area contributed by atoms with E-state index in [0.29, 0.717) is 0 Å². The molecule has 2 heterocycles. The molecule has 4 nitrogen and oxygen atoms in total. The van der Waals surface area contributed by atoms with Crippen LogP contribution in [0.4, 0.5) is 0 Å². The zero-order valence-electron chi connectivity index (χ0n) is 10.5. The van der Waals surface area contributed by atoms with Gasteiger partial charge < -0.3 is 10.0 Å². The van der Waals surface area contributed by atoms with E-state index >= 15 is 0 Å². The Morgan fingerprint density at radius 3 is 2.78 bits per heavy atom. The quantitative estimate of drug-likeness (QED) is 0.841. The molecule has 0 saturated carbocycles. The van der Waals surface area contributed by atoms with Gasteiger partial charge in [-0.05, 0) is 25.3 Å². The summed E-state index contributed by atoms with van der Waals surface area (Å²) >= 11 is 1.66. The number of thiophene rings is 1. The summed E-state index contributed by atoms with van der Waals surface area (Å²) in [6.07, 6.45) is 2.84. The predicted molar refractivity (Wildman–Crippen MR) is 73.8 cm³/mol. The standard InChI is InChI=1S/C13H18N2O2S/c1-14-6-8-15(9-7-14)10-12-3-2-11(18-12)4-5-13(16)17/h2-5H,6-10H2,1H3,(H,16,17)/b5-4+. The lowest BCUT2D eigenvalue weighted by Gasteiger charge is -2.31. The minimum Gasteiger partial charge on any atom is -0.478 e. The van der Waals surface area contributed by atoms with Crippen LogP contribution in [-0.4, -0.2) is 54.1 Å². The molecular formula is C13H18N2O2S. The van der Waals surface area contributed by atoms with Crippen molar-refractivity contribution >= 4 is 23.4 Å². The Hall–Kier alpha value is -1.17. The molecule has 0 bridgehead atoms. The van der Waals surface area contributed by atoms with Crippen LogP contribution in [0, 0.1) is 0 Å². The van der Waals surface area contributed by atoms with Crippen molar-refractivity contribution in [2.24, 2.45) is 0 Å². The minimum atomic E-state index is -0.899. The summed E-state index contributed by atoms with van der Waals surface area (Å²) < 4.78 is 0. The van der Waals surface area contributed by atoms with Gasteiger partial charge in [0.1, 0.15) is 0 Å². The summed E-state index contributed by atoms with van der Waals surface area (Å²) in [5.74, 6) is -0.899. The molecule has 1 N–H and O–H groups in total. The van der Waals surface area contributed by atoms with Crippen LogP contribution in [-0.2, 0) is 11.3 Å². The van der Waals surface area contributed by atoms with Crippen molar-refractivity contribution in [3.05, 3.63) is 28.0 Å². The molecular weight excluding hydrogens is 248 g/mol. The van der Waals surface area contributed by atoms with E-state index in [1.807, 2.05) is 6.07 Å². The monoisotopic (exact) mass is 266 g/mol. The average molecular weight is 266 g/mol. The lowest BCUT2D eigenvalue weighted by molar-refractivity contribution is -0.131. The van der Waals surface area contributed by atoms with Crippen molar-refractivity contribution in [1.29, 1.82) is 0 Å². The molecule has 1 aliphatic heterocycles. The van der Waals surface area contributed by atoms with Gasteiger partial charge in [0.25, 0.3) is 0 Å². The minimum absolute atomic E-state index is 0.899. The van der Waals surface area contributed by atoms with E-state index in [9.17, 15) is 4.79 Å². The van der Waals surface area contributed by atoms with Gasteiger partial charge >= 0.3 is 5.97 Å². The zero-order chi connectivity index (χ0) is 13.0. The van der Waals surface area contributed by atoms with Crippen LogP contribution in [0.15, 0.2) is 18.2 Å². The van der Waals surface area contributed by atoms with Gasteiger partial charge in [-0.3, -0.25) is 4.90 Å². The maximum atomic E-state index is 10.4. The van der Waals surface area contributed by atoms with Crippen molar-refractivity contribution < 1.29 is 9.90 Å². The van der Waals surface area contributed by atoms with Gasteiger partial charge in [-0.1, -0.05) is 0 Å². The molecule has 0 unspecified atom stereocenters. The smallest absolute Gasteiger partial charge is 0.328 e. The van der Waals surface area contributed by atoms with Crippen LogP contribution in [0.25, 0.3) is 6.08 Å². The highest BCUT2D eigenvalue weighted by molar-refractivity contribution is 7.12. The Balaban J connectivity index is 1.88. The van der Waals surface area contributed by atoms with Crippen LogP contribution in [0.2, 0.25) is 0 Å². The summed E-state index contributed by atoms with van der Waals surface area (Å²) in [5, 5.41) is 8.57. The van der Waals surface area contributed by atoms with Crippen molar-refractivity contribution in [3.8, 4) is 0 Å². The Morgan fingerprint density at radius 1 is 1.39 bits per heavy atom. The first kappa shape index (κ1) is 13.3. The molecule has 1 aromatic rings. The van der Waals surface area contributed by atoms with Gasteiger partial charge in [-0.2, -0.15) is 0 Å². The van der Waals surface area contributed by atoms with Crippen LogP contribution >= 0.6 is 11.3 Å². The molecule has 0 amide bonds. The Labute approximate surface area is 111 Å². The number of carboxylic acid groups (broad SMARTS) is 1. The number of aliphatic carboxylic acids is 1. The molecule has 1 aliphatic rings. The molecule has 1 aromatic heterocycles. The van der Waals surface area contributed by atoms with Crippen molar-refractivity contribution in [2.45, 2.75) is 6.54 Å². The molecule has 0 radical (unpaired) electrons. The SMILES string of the molecule is CN1CCN(Cc2ccc(/C=C/C(=O)O)s2)CC1. The van der Waals surface area contributed by atoms with Gasteiger partial charge in [0.15, 0.2) is 0 Å². The van der Waals surface area contributed by atoms with Gasteiger partial charge in [0.2, 0.25) is 0 Å². The van der Waals surface area contributed by atoms with Crippen LogP contribution in [0.1, 0.15) is 9.75 Å². The van der Waals surface area contributed by atoms with Crippen LogP contribution < -0.4 is 0 Å². The fourth-order valence-corrected chi connectivity index (χ4v) is 2.91. The number of piperazine rings is 1. The molecule has 1 fully saturated rings. The highest BCUT2D eigenvalue weighted by Crippen LogP contribution is 2.20. The largest absolute Gasteiger partial charge is 0.478 e. The predicted octanol–water partition coefficient (Wildman–Crippen LogP) is 1.59. The maximum Gasteiger partial charge on any atom is 0.328 e. The number of rotatable bonds is 4. The third-order valence-corrected chi connectivity index (χ3v) is 4.08. The summed E-state index contributed by atoms with van der Waals surface area (Å²) in [6.45, 7) is 5.43. The van der Waals surface area contributed by atoms with Crippen LogP contribution in [0.5, 0.6) is 0 Å². The summed E-state index contributed by atoms with van der Waals surface area (Å²) in [5.41, 5.74) is 0. The third-order valence-electron chi connectivity index (χ3n) is 3.05.